The van der Waals surface area contributed by atoms with Gasteiger partial charge in [0.2, 0.25) is 0 Å². The lowest BCUT2D eigenvalue weighted by atomic mass is 9.90. The molecule has 0 radical (unpaired) electrons. The highest BCUT2D eigenvalue weighted by atomic mass is 19.4. The molecule has 20 heavy (non-hydrogen) atoms. The number of benzene rings is 1. The van der Waals surface area contributed by atoms with E-state index in [1.54, 1.807) is 0 Å². The molecule has 1 aromatic carbocycles. The SMILES string of the molecule is NCC1(c2cc3c(cc2C(F)(F)F)OCCCO3)CC1. The number of ether oxygens (including phenoxy) is 2. The van der Waals surface area contributed by atoms with Crippen LogP contribution in [-0.2, 0) is 11.6 Å². The van der Waals surface area contributed by atoms with Gasteiger partial charge in [-0.25, -0.2) is 0 Å². The zero-order chi connectivity index (χ0) is 14.4. The minimum atomic E-state index is -4.41. The summed E-state index contributed by atoms with van der Waals surface area (Å²) in [5, 5.41) is 0. The third-order valence-electron chi connectivity index (χ3n) is 4.01. The summed E-state index contributed by atoms with van der Waals surface area (Å²) in [4.78, 5) is 0. The molecule has 3 rings (SSSR count). The van der Waals surface area contributed by atoms with Crippen molar-refractivity contribution in [2.45, 2.75) is 30.9 Å². The van der Waals surface area contributed by atoms with Crippen molar-refractivity contribution in [3.63, 3.8) is 0 Å². The van der Waals surface area contributed by atoms with Crippen LogP contribution in [0.5, 0.6) is 11.5 Å². The fourth-order valence-corrected chi connectivity index (χ4v) is 2.62. The predicted octanol–water partition coefficient (Wildman–Crippen LogP) is 2.86. The molecule has 3 nitrogen and oxygen atoms in total. The molecule has 0 spiro atoms. The summed E-state index contributed by atoms with van der Waals surface area (Å²) in [6.45, 7) is 1.04. The average molecular weight is 287 g/mol. The average Bonchev–Trinajstić information content (AvgIpc) is 3.20. The van der Waals surface area contributed by atoms with Gasteiger partial charge in [0, 0.05) is 18.4 Å². The maximum Gasteiger partial charge on any atom is 0.416 e. The highest BCUT2D eigenvalue weighted by Crippen LogP contribution is 2.53. The van der Waals surface area contributed by atoms with Gasteiger partial charge in [-0.2, -0.15) is 13.2 Å². The molecule has 0 aromatic heterocycles. The van der Waals surface area contributed by atoms with Crippen LogP contribution >= 0.6 is 0 Å². The maximum atomic E-state index is 13.3. The van der Waals surface area contributed by atoms with Gasteiger partial charge in [0.25, 0.3) is 0 Å². The number of rotatable bonds is 2. The largest absolute Gasteiger partial charge is 0.490 e. The summed E-state index contributed by atoms with van der Waals surface area (Å²) in [5.74, 6) is 0.566. The van der Waals surface area contributed by atoms with Crippen molar-refractivity contribution in [1.82, 2.24) is 0 Å². The first-order chi connectivity index (χ1) is 9.46. The van der Waals surface area contributed by atoms with Crippen LogP contribution in [0.1, 0.15) is 30.4 Å². The molecule has 0 bridgehead atoms. The van der Waals surface area contributed by atoms with E-state index in [2.05, 4.69) is 0 Å². The van der Waals surface area contributed by atoms with Crippen molar-refractivity contribution in [2.24, 2.45) is 5.73 Å². The van der Waals surface area contributed by atoms with Crippen molar-refractivity contribution in [3.05, 3.63) is 23.3 Å². The van der Waals surface area contributed by atoms with Crippen molar-refractivity contribution in [1.29, 1.82) is 0 Å². The van der Waals surface area contributed by atoms with Gasteiger partial charge >= 0.3 is 6.18 Å². The Morgan fingerprint density at radius 2 is 1.70 bits per heavy atom. The highest BCUT2D eigenvalue weighted by Gasteiger charge is 2.49. The third kappa shape index (κ3) is 2.22. The molecule has 1 heterocycles. The predicted molar refractivity (Wildman–Crippen MR) is 67.0 cm³/mol. The van der Waals surface area contributed by atoms with Gasteiger partial charge in [0.15, 0.2) is 11.5 Å². The lowest BCUT2D eigenvalue weighted by Gasteiger charge is -2.22. The molecule has 0 amide bonds. The lowest BCUT2D eigenvalue weighted by molar-refractivity contribution is -0.138. The number of nitrogens with two attached hydrogens (primary N) is 1. The Bertz CT molecular complexity index is 524. The topological polar surface area (TPSA) is 44.5 Å². The zero-order valence-corrected chi connectivity index (χ0v) is 10.9. The third-order valence-corrected chi connectivity index (χ3v) is 4.01. The minimum absolute atomic E-state index is 0.173. The summed E-state index contributed by atoms with van der Waals surface area (Å²) in [6.07, 6.45) is -2.38. The fraction of sp³-hybridized carbons (Fsp3) is 0.571. The minimum Gasteiger partial charge on any atom is -0.490 e. The molecule has 110 valence electrons. The maximum absolute atomic E-state index is 13.3. The van der Waals surface area contributed by atoms with Gasteiger partial charge < -0.3 is 15.2 Å². The fourth-order valence-electron chi connectivity index (χ4n) is 2.62. The molecule has 1 aliphatic heterocycles. The van der Waals surface area contributed by atoms with Gasteiger partial charge in [-0.05, 0) is 30.5 Å². The Hall–Kier alpha value is -1.43. The molecule has 2 N–H and O–H groups in total. The summed E-state index contributed by atoms with van der Waals surface area (Å²) < 4.78 is 50.7. The Morgan fingerprint density at radius 1 is 1.10 bits per heavy atom. The van der Waals surface area contributed by atoms with Crippen LogP contribution < -0.4 is 15.2 Å². The normalized spacial score (nSPS) is 20.4. The number of alkyl halides is 3. The van der Waals surface area contributed by atoms with Crippen LogP contribution in [0.4, 0.5) is 13.2 Å². The first-order valence-corrected chi connectivity index (χ1v) is 6.68. The summed E-state index contributed by atoms with van der Waals surface area (Å²) in [6, 6.07) is 2.54. The molecule has 1 saturated carbocycles. The van der Waals surface area contributed by atoms with Crippen molar-refractivity contribution < 1.29 is 22.6 Å². The van der Waals surface area contributed by atoms with Gasteiger partial charge in [-0.3, -0.25) is 0 Å². The van der Waals surface area contributed by atoms with E-state index in [0.29, 0.717) is 38.2 Å². The van der Waals surface area contributed by atoms with E-state index in [1.165, 1.54) is 6.07 Å². The van der Waals surface area contributed by atoms with Gasteiger partial charge in [0.1, 0.15) is 0 Å². The summed E-state index contributed by atoms with van der Waals surface area (Å²) >= 11 is 0. The van der Waals surface area contributed by atoms with Crippen LogP contribution in [-0.4, -0.2) is 19.8 Å². The number of hydrogen-bond acceptors (Lipinski definition) is 3. The first-order valence-electron chi connectivity index (χ1n) is 6.68. The van der Waals surface area contributed by atoms with Crippen molar-refractivity contribution in [3.8, 4) is 11.5 Å². The Labute approximate surface area is 114 Å². The van der Waals surface area contributed by atoms with Gasteiger partial charge in [0.05, 0.1) is 18.8 Å². The molecular formula is C14H16F3NO2. The molecule has 6 heteroatoms. The van der Waals surface area contributed by atoms with Crippen LogP contribution in [0.2, 0.25) is 0 Å². The monoisotopic (exact) mass is 287 g/mol. The molecule has 2 aliphatic rings. The van der Waals surface area contributed by atoms with E-state index >= 15 is 0 Å². The highest BCUT2D eigenvalue weighted by molar-refractivity contribution is 5.53. The van der Waals surface area contributed by atoms with E-state index in [0.717, 1.165) is 6.07 Å². The standard InChI is InChI=1S/C14H16F3NO2/c15-14(16,17)10-7-12-11(19-4-1-5-20-12)6-9(10)13(8-18)2-3-13/h6-7H,1-5,8,18H2. The zero-order valence-electron chi connectivity index (χ0n) is 10.9. The second kappa shape index (κ2) is 4.55. The molecular weight excluding hydrogens is 271 g/mol. The summed E-state index contributed by atoms with van der Waals surface area (Å²) in [5.41, 5.74) is 4.73. The van der Waals surface area contributed by atoms with Crippen LogP contribution in [0.3, 0.4) is 0 Å². The van der Waals surface area contributed by atoms with Crippen molar-refractivity contribution >= 4 is 0 Å². The van der Waals surface area contributed by atoms with E-state index in [9.17, 15) is 13.2 Å². The lowest BCUT2D eigenvalue weighted by Crippen LogP contribution is -2.24. The van der Waals surface area contributed by atoms with E-state index < -0.39 is 17.2 Å². The number of hydrogen-bond donors (Lipinski definition) is 1. The molecule has 0 unspecified atom stereocenters. The van der Waals surface area contributed by atoms with Gasteiger partial charge in [-0.1, -0.05) is 0 Å². The van der Waals surface area contributed by atoms with Crippen molar-refractivity contribution in [2.75, 3.05) is 19.8 Å². The number of halogens is 3. The Balaban J connectivity index is 2.14. The van der Waals surface area contributed by atoms with E-state index in [-0.39, 0.29) is 17.9 Å². The molecule has 1 aromatic rings. The molecule has 0 saturated heterocycles. The molecule has 1 aliphatic carbocycles. The Kier molecular flexibility index (Phi) is 3.08. The second-order valence-electron chi connectivity index (χ2n) is 5.38. The van der Waals surface area contributed by atoms with E-state index in [4.69, 9.17) is 15.2 Å². The number of fused-ring (bicyclic) bond motifs is 1. The first kappa shape index (κ1) is 13.5. The van der Waals surface area contributed by atoms with Crippen LogP contribution in [0.25, 0.3) is 0 Å². The summed E-state index contributed by atoms with van der Waals surface area (Å²) in [7, 11) is 0. The quantitative estimate of drug-likeness (QED) is 0.909. The second-order valence-corrected chi connectivity index (χ2v) is 5.38. The van der Waals surface area contributed by atoms with Gasteiger partial charge in [-0.15, -0.1) is 0 Å². The van der Waals surface area contributed by atoms with Crippen LogP contribution in [0.15, 0.2) is 12.1 Å². The van der Waals surface area contributed by atoms with E-state index in [1.807, 2.05) is 0 Å². The Morgan fingerprint density at radius 3 is 2.20 bits per heavy atom. The molecule has 0 atom stereocenters. The smallest absolute Gasteiger partial charge is 0.416 e. The van der Waals surface area contributed by atoms with Crippen LogP contribution in [0, 0.1) is 0 Å². The molecule has 1 fully saturated rings.